The topological polar surface area (TPSA) is 51.5 Å². The minimum absolute atomic E-state index is 0.584. The van der Waals surface area contributed by atoms with E-state index in [0.29, 0.717) is 5.56 Å². The minimum atomic E-state index is 0.584. The summed E-state index contributed by atoms with van der Waals surface area (Å²) in [5.74, 6) is 0. The van der Waals surface area contributed by atoms with E-state index in [1.54, 1.807) is 0 Å². The number of benzene rings is 12. The second-order valence-corrected chi connectivity index (χ2v) is 24.2. The fourth-order valence-corrected chi connectivity index (χ4v) is 15.3. The van der Waals surface area contributed by atoms with E-state index in [0.717, 1.165) is 106 Å². The summed E-state index contributed by atoms with van der Waals surface area (Å²) in [7, 11) is 0. The van der Waals surface area contributed by atoms with E-state index in [9.17, 15) is 5.26 Å². The Hall–Kier alpha value is -11.1. The van der Waals surface area contributed by atoms with Gasteiger partial charge in [-0.3, -0.25) is 4.98 Å². The minimum Gasteiger partial charge on any atom is -0.309 e. The zero-order chi connectivity index (χ0) is 58.0. The lowest BCUT2D eigenvalue weighted by Gasteiger charge is -2.27. The molecule has 0 unspecified atom stereocenters. The summed E-state index contributed by atoms with van der Waals surface area (Å²) in [5.41, 5.74) is 23.9. The summed E-state index contributed by atoms with van der Waals surface area (Å²) in [6.07, 6.45) is 3.70. The first kappa shape index (κ1) is 50.4. The maximum Gasteiger partial charge on any atom is 0.100 e. The van der Waals surface area contributed by atoms with E-state index in [1.165, 1.54) is 69.2 Å². The van der Waals surface area contributed by atoms with Crippen LogP contribution >= 0.6 is 11.3 Å². The van der Waals surface area contributed by atoms with Crippen molar-refractivity contribution in [1.29, 1.82) is 5.26 Å². The van der Waals surface area contributed by atoms with Crippen LogP contribution in [-0.4, -0.2) is 18.7 Å². The predicted molar refractivity (Wildman–Crippen MR) is 366 cm³/mol. The number of aryl methyl sites for hydroxylation is 3. The normalized spacial score (nSPS) is 11.8. The molecule has 0 saturated heterocycles. The van der Waals surface area contributed by atoms with Crippen molar-refractivity contribution in [3.63, 3.8) is 0 Å². The number of para-hydroxylation sites is 3. The highest BCUT2D eigenvalue weighted by Crippen LogP contribution is 2.55. The summed E-state index contributed by atoms with van der Waals surface area (Å²) in [5, 5.41) is 22.1. The number of rotatable bonds is 8. The zero-order valence-corrected chi connectivity index (χ0v) is 48.9. The van der Waals surface area contributed by atoms with Gasteiger partial charge in [0, 0.05) is 93.1 Å². The van der Waals surface area contributed by atoms with Crippen LogP contribution in [0.1, 0.15) is 22.3 Å². The summed E-state index contributed by atoms with van der Waals surface area (Å²) >= 11 is 1.82. The van der Waals surface area contributed by atoms with Gasteiger partial charge in [0.1, 0.15) is 6.07 Å². The molecule has 6 heteroatoms. The molecule has 0 N–H and O–H groups in total. The van der Waals surface area contributed by atoms with Gasteiger partial charge in [-0.05, 0) is 181 Å². The number of nitrogens with zero attached hydrogens (tertiary/aromatic N) is 5. The van der Waals surface area contributed by atoms with Gasteiger partial charge in [-0.1, -0.05) is 156 Å². The molecule has 17 rings (SSSR count). The standard InChI is InChI=1S/C81H53N5S/c1-49-23-38-71-64(45-49)59-13-4-8-18-68(59)84(71)56-32-26-52(27-33-56)76-67(48-82)77(55-41-43-83-44-42-55)79(54-30-36-58(37-31-54)86-70-20-10-6-15-61(70)66-47-51(3)25-40-73(66)86)81(63-17-12-22-75-80(63)62-16-7-11-21-74(62)87-75)78(76)53-28-34-57(35-29-53)85-69-19-9-5-14-60(69)65-46-50(2)24-39-72(65)85/h4-47H,1-3H3. The molecular formula is C81H53N5S. The zero-order valence-electron chi connectivity index (χ0n) is 48.0. The Bertz CT molecular complexity index is 5710. The van der Waals surface area contributed by atoms with Gasteiger partial charge in [0.15, 0.2) is 0 Å². The summed E-state index contributed by atoms with van der Waals surface area (Å²) in [6, 6.07) is 96.2. The number of fused-ring (bicyclic) bond motifs is 12. The van der Waals surface area contributed by atoms with Crippen LogP contribution in [0, 0.1) is 32.1 Å². The third-order valence-corrected chi connectivity index (χ3v) is 19.1. The molecule has 0 saturated carbocycles. The molecular weight excluding hydrogens is 1070 g/mol. The van der Waals surface area contributed by atoms with Gasteiger partial charge in [-0.2, -0.15) is 5.26 Å². The second kappa shape index (κ2) is 19.8. The SMILES string of the molecule is Cc1ccc2c(c1)c1ccccc1n2-c1ccc(-c2c(C#N)c(-c3ccncc3)c(-c3ccc(-n4c5ccccc5c5cc(C)ccc54)cc3)c(-c3cccc4sc5ccccc5c34)c2-c2ccc(-n3c4ccccc4c4cc(C)ccc43)cc2)cc1. The highest BCUT2D eigenvalue weighted by atomic mass is 32.1. The average Bonchev–Trinajstić information content (AvgIpc) is 0.912. The van der Waals surface area contributed by atoms with Crippen LogP contribution in [0.4, 0.5) is 0 Å². The third kappa shape index (κ3) is 7.80. The lowest BCUT2D eigenvalue weighted by molar-refractivity contribution is 1.18. The van der Waals surface area contributed by atoms with Gasteiger partial charge in [-0.25, -0.2) is 0 Å². The molecule has 5 nitrogen and oxygen atoms in total. The number of nitriles is 1. The fraction of sp³-hybridized carbons (Fsp3) is 0.0370. The first-order chi connectivity index (χ1) is 42.9. The number of hydrogen-bond donors (Lipinski definition) is 0. The molecule has 17 aromatic rings. The summed E-state index contributed by atoms with van der Waals surface area (Å²) in [6.45, 7) is 6.49. The quantitative estimate of drug-likeness (QED) is 0.152. The smallest absolute Gasteiger partial charge is 0.100 e. The molecule has 0 radical (unpaired) electrons. The molecule has 0 atom stereocenters. The summed E-state index contributed by atoms with van der Waals surface area (Å²) in [4.78, 5) is 4.58. The van der Waals surface area contributed by atoms with Crippen LogP contribution < -0.4 is 0 Å². The van der Waals surface area contributed by atoms with Gasteiger partial charge in [-0.15, -0.1) is 11.3 Å². The van der Waals surface area contributed by atoms with Gasteiger partial charge in [0.2, 0.25) is 0 Å². The number of pyridine rings is 1. The fourth-order valence-electron chi connectivity index (χ4n) is 14.2. The van der Waals surface area contributed by atoms with Crippen molar-refractivity contribution in [2.24, 2.45) is 0 Å². The van der Waals surface area contributed by atoms with Gasteiger partial charge < -0.3 is 13.7 Å². The molecule has 0 spiro atoms. The molecule has 408 valence electrons. The molecule has 0 aliphatic heterocycles. The van der Waals surface area contributed by atoms with E-state index in [2.05, 4.69) is 300 Å². The Morgan fingerprint density at radius 2 is 0.690 bits per heavy atom. The third-order valence-electron chi connectivity index (χ3n) is 18.0. The highest BCUT2D eigenvalue weighted by Gasteiger charge is 2.31. The van der Waals surface area contributed by atoms with E-state index in [4.69, 9.17) is 0 Å². The van der Waals surface area contributed by atoms with Crippen molar-refractivity contribution >= 4 is 96.9 Å². The van der Waals surface area contributed by atoms with Crippen LogP contribution in [0.15, 0.2) is 267 Å². The molecule has 5 heterocycles. The molecule has 12 aromatic carbocycles. The van der Waals surface area contributed by atoms with Crippen molar-refractivity contribution in [2.75, 3.05) is 0 Å². The maximum absolute atomic E-state index is 12.4. The summed E-state index contributed by atoms with van der Waals surface area (Å²) < 4.78 is 9.56. The van der Waals surface area contributed by atoms with Crippen LogP contribution in [0.25, 0.3) is 158 Å². The van der Waals surface area contributed by atoms with Crippen molar-refractivity contribution in [3.05, 3.63) is 289 Å². The number of hydrogen-bond acceptors (Lipinski definition) is 3. The Labute approximate surface area is 506 Å². The van der Waals surface area contributed by atoms with Crippen molar-refractivity contribution in [3.8, 4) is 78.8 Å². The van der Waals surface area contributed by atoms with Crippen LogP contribution in [0.3, 0.4) is 0 Å². The van der Waals surface area contributed by atoms with Crippen molar-refractivity contribution in [2.45, 2.75) is 20.8 Å². The molecule has 0 bridgehead atoms. The number of thiophene rings is 1. The molecule has 0 fully saturated rings. The van der Waals surface area contributed by atoms with Gasteiger partial charge in [0.25, 0.3) is 0 Å². The highest BCUT2D eigenvalue weighted by molar-refractivity contribution is 7.26. The van der Waals surface area contributed by atoms with E-state index >= 15 is 0 Å². The molecule has 5 aromatic heterocycles. The molecule has 0 aliphatic rings. The van der Waals surface area contributed by atoms with Crippen molar-refractivity contribution in [1.82, 2.24) is 18.7 Å². The Kier molecular flexibility index (Phi) is 11.4. The van der Waals surface area contributed by atoms with Gasteiger partial charge >= 0.3 is 0 Å². The molecule has 0 aliphatic carbocycles. The lowest BCUT2D eigenvalue weighted by Crippen LogP contribution is -2.03. The van der Waals surface area contributed by atoms with Crippen LogP contribution in [-0.2, 0) is 0 Å². The van der Waals surface area contributed by atoms with Crippen molar-refractivity contribution < 1.29 is 0 Å². The first-order valence-corrected chi connectivity index (χ1v) is 30.5. The maximum atomic E-state index is 12.4. The number of aromatic nitrogens is 4. The molecule has 87 heavy (non-hydrogen) atoms. The van der Waals surface area contributed by atoms with Gasteiger partial charge in [0.05, 0.1) is 38.7 Å². The molecule has 0 amide bonds. The van der Waals surface area contributed by atoms with E-state index in [-0.39, 0.29) is 0 Å². The monoisotopic (exact) mass is 1130 g/mol. The Morgan fingerprint density at radius 1 is 0.322 bits per heavy atom. The predicted octanol–water partition coefficient (Wildman–Crippen LogP) is 21.9. The lowest BCUT2D eigenvalue weighted by atomic mass is 9.75. The average molecular weight is 1130 g/mol. The van der Waals surface area contributed by atoms with Crippen LogP contribution in [0.2, 0.25) is 0 Å². The Balaban J connectivity index is 0.993. The first-order valence-electron chi connectivity index (χ1n) is 29.6. The Morgan fingerprint density at radius 3 is 1.13 bits per heavy atom. The van der Waals surface area contributed by atoms with Crippen LogP contribution in [0.5, 0.6) is 0 Å². The van der Waals surface area contributed by atoms with E-state index in [1.807, 2.05) is 23.7 Å². The largest absolute Gasteiger partial charge is 0.309 e. The second-order valence-electron chi connectivity index (χ2n) is 23.1. The van der Waals surface area contributed by atoms with E-state index < -0.39 is 0 Å².